The van der Waals surface area contributed by atoms with Gasteiger partial charge in [-0.15, -0.1) is 0 Å². The summed E-state index contributed by atoms with van der Waals surface area (Å²) in [5, 5.41) is 3.60. The number of rotatable bonds is 6. The molecule has 0 aliphatic rings. The van der Waals surface area contributed by atoms with E-state index in [-0.39, 0.29) is 11.9 Å². The fraction of sp³-hybridized carbons (Fsp3) is 0.538. The van der Waals surface area contributed by atoms with Gasteiger partial charge in [0.1, 0.15) is 10.3 Å². The first kappa shape index (κ1) is 16.2. The Morgan fingerprint density at radius 3 is 2.42 bits per heavy atom. The maximum Gasteiger partial charge on any atom is 0.234 e. The number of carbonyl (C=O) groups is 1. The number of nitrogens with one attached hydrogen (secondary N) is 1. The highest BCUT2D eigenvalue weighted by Gasteiger charge is 2.11. The summed E-state index contributed by atoms with van der Waals surface area (Å²) in [7, 11) is 0. The Hall–Kier alpha value is -0.840. The number of hydrogen-bond acceptors (Lipinski definition) is 3. The van der Waals surface area contributed by atoms with Crippen molar-refractivity contribution in [3.8, 4) is 0 Å². The second-order valence-corrected chi connectivity index (χ2v) is 5.42. The molecule has 0 saturated heterocycles. The van der Waals surface area contributed by atoms with Gasteiger partial charge in [-0.3, -0.25) is 9.69 Å². The van der Waals surface area contributed by atoms with E-state index in [0.29, 0.717) is 23.4 Å². The molecule has 0 atom stereocenters. The quantitative estimate of drug-likeness (QED) is 0.822. The van der Waals surface area contributed by atoms with Crippen molar-refractivity contribution in [3.05, 3.63) is 28.0 Å². The molecule has 0 aromatic carbocycles. The molecule has 1 amide bonds. The fourth-order valence-corrected chi connectivity index (χ4v) is 2.22. The van der Waals surface area contributed by atoms with Crippen LogP contribution in [0.25, 0.3) is 0 Å². The van der Waals surface area contributed by atoms with Crippen molar-refractivity contribution in [2.75, 3.05) is 13.1 Å². The number of amides is 1. The second kappa shape index (κ2) is 7.68. The van der Waals surface area contributed by atoms with E-state index in [2.05, 4.69) is 10.3 Å². The predicted octanol–water partition coefficient (Wildman–Crippen LogP) is 2.73. The molecule has 19 heavy (non-hydrogen) atoms. The van der Waals surface area contributed by atoms with Gasteiger partial charge in [0.05, 0.1) is 6.54 Å². The maximum absolute atomic E-state index is 11.7. The zero-order valence-corrected chi connectivity index (χ0v) is 12.9. The third-order valence-corrected chi connectivity index (χ3v) is 2.88. The lowest BCUT2D eigenvalue weighted by Crippen LogP contribution is -2.39. The van der Waals surface area contributed by atoms with Gasteiger partial charge in [-0.2, -0.15) is 0 Å². The molecule has 1 heterocycles. The Bertz CT molecular complexity index is 418. The summed E-state index contributed by atoms with van der Waals surface area (Å²) in [4.78, 5) is 17.6. The van der Waals surface area contributed by atoms with Crippen LogP contribution in [0.2, 0.25) is 10.3 Å². The van der Waals surface area contributed by atoms with Gasteiger partial charge < -0.3 is 5.32 Å². The van der Waals surface area contributed by atoms with Crippen LogP contribution in [0.4, 0.5) is 0 Å². The van der Waals surface area contributed by atoms with Gasteiger partial charge in [0, 0.05) is 12.6 Å². The topological polar surface area (TPSA) is 45.2 Å². The third kappa shape index (κ3) is 6.23. The van der Waals surface area contributed by atoms with E-state index in [1.807, 2.05) is 25.7 Å². The number of aromatic nitrogens is 1. The van der Waals surface area contributed by atoms with Crippen LogP contribution in [0, 0.1) is 0 Å². The summed E-state index contributed by atoms with van der Waals surface area (Å²) >= 11 is 11.7. The maximum atomic E-state index is 11.7. The SMILES string of the molecule is CCN(CC(=O)NC(C)C)Cc1cc(Cl)nc(Cl)c1. The molecule has 0 bridgehead atoms. The van der Waals surface area contributed by atoms with Crippen LogP contribution in [-0.2, 0) is 11.3 Å². The van der Waals surface area contributed by atoms with Crippen LogP contribution in [0.15, 0.2) is 12.1 Å². The Balaban J connectivity index is 2.63. The van der Waals surface area contributed by atoms with E-state index in [1.54, 1.807) is 12.1 Å². The molecule has 1 aromatic rings. The van der Waals surface area contributed by atoms with Crippen molar-refractivity contribution >= 4 is 29.1 Å². The van der Waals surface area contributed by atoms with Crippen molar-refractivity contribution in [2.24, 2.45) is 0 Å². The number of carbonyl (C=O) groups excluding carboxylic acids is 1. The minimum atomic E-state index is 0.0168. The van der Waals surface area contributed by atoms with E-state index in [4.69, 9.17) is 23.2 Å². The van der Waals surface area contributed by atoms with Crippen molar-refractivity contribution in [1.29, 1.82) is 0 Å². The minimum absolute atomic E-state index is 0.0168. The zero-order valence-electron chi connectivity index (χ0n) is 11.4. The second-order valence-electron chi connectivity index (χ2n) is 4.65. The molecule has 1 aromatic heterocycles. The van der Waals surface area contributed by atoms with E-state index in [0.717, 1.165) is 12.1 Å². The third-order valence-electron chi connectivity index (χ3n) is 2.49. The van der Waals surface area contributed by atoms with Crippen LogP contribution >= 0.6 is 23.2 Å². The highest BCUT2D eigenvalue weighted by Crippen LogP contribution is 2.16. The lowest BCUT2D eigenvalue weighted by Gasteiger charge is -2.20. The van der Waals surface area contributed by atoms with Crippen molar-refractivity contribution < 1.29 is 4.79 Å². The predicted molar refractivity (Wildman–Crippen MR) is 78.5 cm³/mol. The summed E-state index contributed by atoms with van der Waals surface area (Å²) in [6.07, 6.45) is 0. The molecule has 0 unspecified atom stereocenters. The molecule has 0 spiro atoms. The van der Waals surface area contributed by atoms with Gasteiger partial charge in [0.25, 0.3) is 0 Å². The molecular formula is C13H19Cl2N3O. The van der Waals surface area contributed by atoms with Crippen LogP contribution in [-0.4, -0.2) is 34.9 Å². The van der Waals surface area contributed by atoms with Crippen LogP contribution < -0.4 is 5.32 Å². The van der Waals surface area contributed by atoms with Gasteiger partial charge >= 0.3 is 0 Å². The number of pyridine rings is 1. The summed E-state index contributed by atoms with van der Waals surface area (Å²) in [6, 6.07) is 3.67. The number of hydrogen-bond donors (Lipinski definition) is 1. The monoisotopic (exact) mass is 303 g/mol. The van der Waals surface area contributed by atoms with Gasteiger partial charge in [0.15, 0.2) is 0 Å². The molecule has 0 radical (unpaired) electrons. The number of likely N-dealkylation sites (N-methyl/N-ethyl adjacent to an activating group) is 1. The molecule has 0 fully saturated rings. The Morgan fingerprint density at radius 1 is 1.37 bits per heavy atom. The van der Waals surface area contributed by atoms with E-state index >= 15 is 0 Å². The molecule has 0 saturated carbocycles. The van der Waals surface area contributed by atoms with Gasteiger partial charge in [-0.05, 0) is 38.1 Å². The van der Waals surface area contributed by atoms with Crippen LogP contribution in [0.3, 0.4) is 0 Å². The van der Waals surface area contributed by atoms with Crippen LogP contribution in [0.1, 0.15) is 26.3 Å². The molecule has 4 nitrogen and oxygen atoms in total. The molecule has 0 aliphatic heterocycles. The molecule has 1 N–H and O–H groups in total. The molecule has 6 heteroatoms. The normalized spacial score (nSPS) is 11.1. The number of halogens is 2. The fourth-order valence-electron chi connectivity index (χ4n) is 1.71. The van der Waals surface area contributed by atoms with Crippen molar-refractivity contribution in [3.63, 3.8) is 0 Å². The van der Waals surface area contributed by atoms with Crippen molar-refractivity contribution in [2.45, 2.75) is 33.4 Å². The average molecular weight is 304 g/mol. The lowest BCUT2D eigenvalue weighted by molar-refractivity contribution is -0.122. The van der Waals surface area contributed by atoms with E-state index in [9.17, 15) is 4.79 Å². The van der Waals surface area contributed by atoms with E-state index in [1.165, 1.54) is 0 Å². The smallest absolute Gasteiger partial charge is 0.234 e. The van der Waals surface area contributed by atoms with Crippen molar-refractivity contribution in [1.82, 2.24) is 15.2 Å². The van der Waals surface area contributed by atoms with E-state index < -0.39 is 0 Å². The summed E-state index contributed by atoms with van der Waals surface area (Å²) in [5.74, 6) is 0.0168. The first-order chi connectivity index (χ1) is 8.90. The first-order valence-electron chi connectivity index (χ1n) is 6.24. The molecular weight excluding hydrogens is 285 g/mol. The summed E-state index contributed by atoms with van der Waals surface area (Å²) in [6.45, 7) is 7.62. The van der Waals surface area contributed by atoms with Gasteiger partial charge in [0.2, 0.25) is 5.91 Å². The highest BCUT2D eigenvalue weighted by molar-refractivity contribution is 6.32. The van der Waals surface area contributed by atoms with Gasteiger partial charge in [-0.25, -0.2) is 4.98 Å². The molecule has 1 rings (SSSR count). The summed E-state index contributed by atoms with van der Waals surface area (Å²) in [5.41, 5.74) is 0.948. The summed E-state index contributed by atoms with van der Waals surface area (Å²) < 4.78 is 0. The Kier molecular flexibility index (Phi) is 6.55. The van der Waals surface area contributed by atoms with Gasteiger partial charge in [-0.1, -0.05) is 30.1 Å². The minimum Gasteiger partial charge on any atom is -0.353 e. The first-order valence-corrected chi connectivity index (χ1v) is 7.00. The standard InChI is InChI=1S/C13H19Cl2N3O/c1-4-18(8-13(19)16-9(2)3)7-10-5-11(14)17-12(15)6-10/h5-6,9H,4,7-8H2,1-3H3,(H,16,19). The highest BCUT2D eigenvalue weighted by atomic mass is 35.5. The van der Waals surface area contributed by atoms with Crippen LogP contribution in [0.5, 0.6) is 0 Å². The zero-order chi connectivity index (χ0) is 14.4. The Morgan fingerprint density at radius 2 is 1.95 bits per heavy atom. The average Bonchev–Trinajstić information content (AvgIpc) is 2.25. The number of nitrogens with zero attached hydrogens (tertiary/aromatic N) is 2. The largest absolute Gasteiger partial charge is 0.353 e. The lowest BCUT2D eigenvalue weighted by atomic mass is 10.2. The Labute approximate surface area is 124 Å². The molecule has 0 aliphatic carbocycles. The molecule has 106 valence electrons.